The van der Waals surface area contributed by atoms with Gasteiger partial charge in [-0.2, -0.15) is 0 Å². The van der Waals surface area contributed by atoms with Crippen molar-refractivity contribution in [1.82, 2.24) is 0 Å². The molecule has 3 heteroatoms. The summed E-state index contributed by atoms with van der Waals surface area (Å²) < 4.78 is 0. The van der Waals surface area contributed by atoms with Gasteiger partial charge in [0.15, 0.2) is 5.05 Å². The maximum atomic E-state index is 8.51. The molecule has 1 nitrogen and oxygen atoms in total. The van der Waals surface area contributed by atoms with Gasteiger partial charge in [0.2, 0.25) is 0 Å². The van der Waals surface area contributed by atoms with Crippen molar-refractivity contribution in [1.29, 1.82) is 0 Å². The molecule has 0 aromatic heterocycles. The molecule has 0 aromatic carbocycles. The van der Waals surface area contributed by atoms with Crippen LogP contribution in [0.3, 0.4) is 0 Å². The SMILES string of the molecule is CCCCCC(O)=S.Cl. The van der Waals surface area contributed by atoms with E-state index in [0.29, 0.717) is 6.42 Å². The maximum Gasteiger partial charge on any atom is 0.156 e. The van der Waals surface area contributed by atoms with Crippen LogP contribution in [0.4, 0.5) is 0 Å². The zero-order valence-corrected chi connectivity index (χ0v) is 7.23. The summed E-state index contributed by atoms with van der Waals surface area (Å²) in [7, 11) is 0. The Hall–Kier alpha value is 0.180. The van der Waals surface area contributed by atoms with Gasteiger partial charge in [0.1, 0.15) is 0 Å². The predicted octanol–water partition coefficient (Wildman–Crippen LogP) is 2.87. The van der Waals surface area contributed by atoms with E-state index in [9.17, 15) is 0 Å². The van der Waals surface area contributed by atoms with Crippen molar-refractivity contribution in [3.63, 3.8) is 0 Å². The van der Waals surface area contributed by atoms with Crippen molar-refractivity contribution < 1.29 is 5.11 Å². The van der Waals surface area contributed by atoms with Crippen LogP contribution < -0.4 is 0 Å². The Kier molecular flexibility index (Phi) is 10.8. The number of thiocarbonyl (C=S) groups is 1. The summed E-state index contributed by atoms with van der Waals surface area (Å²) in [6.07, 6.45) is 4.08. The van der Waals surface area contributed by atoms with Crippen molar-refractivity contribution in [3.8, 4) is 0 Å². The second-order valence-corrected chi connectivity index (χ2v) is 2.32. The van der Waals surface area contributed by atoms with E-state index in [1.807, 2.05) is 0 Å². The van der Waals surface area contributed by atoms with Crippen molar-refractivity contribution in [2.75, 3.05) is 0 Å². The first-order valence-electron chi connectivity index (χ1n) is 2.99. The molecular formula is C6H13ClOS. The molecule has 1 N–H and O–H groups in total. The smallest absolute Gasteiger partial charge is 0.156 e. The molecule has 0 rings (SSSR count). The Bertz CT molecular complexity index is 75.5. The lowest BCUT2D eigenvalue weighted by atomic mass is 10.2. The third kappa shape index (κ3) is 11.6. The highest BCUT2D eigenvalue weighted by molar-refractivity contribution is 7.80. The first-order valence-corrected chi connectivity index (χ1v) is 3.40. The van der Waals surface area contributed by atoms with Gasteiger partial charge < -0.3 is 5.11 Å². The molecule has 56 valence electrons. The van der Waals surface area contributed by atoms with E-state index in [1.54, 1.807) is 0 Å². The van der Waals surface area contributed by atoms with E-state index < -0.39 is 0 Å². The van der Waals surface area contributed by atoms with Crippen LogP contribution >= 0.6 is 24.6 Å². The van der Waals surface area contributed by atoms with Crippen LogP contribution in [-0.4, -0.2) is 10.2 Å². The molecule has 0 aliphatic rings. The van der Waals surface area contributed by atoms with E-state index in [2.05, 4.69) is 19.1 Å². The molecule has 0 bridgehead atoms. The number of hydrogen-bond acceptors (Lipinski definition) is 1. The van der Waals surface area contributed by atoms with Crippen LogP contribution in [0.2, 0.25) is 0 Å². The Labute approximate surface area is 67.9 Å². The molecule has 0 aromatic rings. The average molecular weight is 169 g/mol. The lowest BCUT2D eigenvalue weighted by Crippen LogP contribution is -1.89. The van der Waals surface area contributed by atoms with Crippen LogP contribution in [0.5, 0.6) is 0 Å². The molecule has 9 heavy (non-hydrogen) atoms. The fraction of sp³-hybridized carbons (Fsp3) is 0.833. The molecule has 0 saturated carbocycles. The molecule has 0 amide bonds. The van der Waals surface area contributed by atoms with Crippen LogP contribution in [0.1, 0.15) is 32.6 Å². The summed E-state index contributed by atoms with van der Waals surface area (Å²) in [5, 5.41) is 8.66. The number of hydrogen-bond donors (Lipinski definition) is 1. The van der Waals surface area contributed by atoms with Crippen molar-refractivity contribution in [2.24, 2.45) is 0 Å². The minimum atomic E-state index is 0. The van der Waals surface area contributed by atoms with Gasteiger partial charge in [-0.25, -0.2) is 0 Å². The summed E-state index contributed by atoms with van der Waals surface area (Å²) in [6.45, 7) is 2.13. The topological polar surface area (TPSA) is 20.2 Å². The Morgan fingerprint density at radius 1 is 1.44 bits per heavy atom. The highest BCUT2D eigenvalue weighted by Crippen LogP contribution is 1.98. The molecule has 0 atom stereocenters. The number of rotatable bonds is 4. The van der Waals surface area contributed by atoms with Gasteiger partial charge >= 0.3 is 0 Å². The molecular weight excluding hydrogens is 156 g/mol. The van der Waals surface area contributed by atoms with Crippen LogP contribution in [-0.2, 0) is 0 Å². The zero-order chi connectivity index (χ0) is 6.41. The van der Waals surface area contributed by atoms with E-state index in [-0.39, 0.29) is 17.5 Å². The second-order valence-electron chi connectivity index (χ2n) is 1.85. The van der Waals surface area contributed by atoms with Gasteiger partial charge in [0.05, 0.1) is 0 Å². The summed E-state index contributed by atoms with van der Waals surface area (Å²) in [6, 6.07) is 0. The molecule has 0 saturated heterocycles. The van der Waals surface area contributed by atoms with Gasteiger partial charge in [-0.1, -0.05) is 19.8 Å². The van der Waals surface area contributed by atoms with Crippen LogP contribution in [0.15, 0.2) is 0 Å². The molecule has 0 unspecified atom stereocenters. The number of unbranched alkanes of at least 4 members (excludes halogenated alkanes) is 2. The van der Waals surface area contributed by atoms with Crippen LogP contribution in [0, 0.1) is 0 Å². The van der Waals surface area contributed by atoms with Crippen molar-refractivity contribution >= 4 is 29.7 Å². The number of aliphatic hydroxyl groups is 1. The van der Waals surface area contributed by atoms with E-state index >= 15 is 0 Å². The Balaban J connectivity index is 0. The molecule has 0 heterocycles. The third-order valence-corrected chi connectivity index (χ3v) is 1.20. The second kappa shape index (κ2) is 8.18. The standard InChI is InChI=1S/C6H12OS.ClH/c1-2-3-4-5-6(7)8;/h2-5H2,1H3,(H,7,8);1H. The van der Waals surface area contributed by atoms with Gasteiger partial charge in [0, 0.05) is 6.42 Å². The van der Waals surface area contributed by atoms with Crippen molar-refractivity contribution in [2.45, 2.75) is 32.6 Å². The predicted molar refractivity (Wildman–Crippen MR) is 46.6 cm³/mol. The minimum absolute atomic E-state index is 0. The summed E-state index contributed by atoms with van der Waals surface area (Å²) in [4.78, 5) is 0. The molecule has 0 spiro atoms. The first-order chi connectivity index (χ1) is 3.77. The van der Waals surface area contributed by atoms with Gasteiger partial charge in [-0.3, -0.25) is 0 Å². The summed E-state index contributed by atoms with van der Waals surface area (Å²) in [5.41, 5.74) is 0. The highest BCUT2D eigenvalue weighted by Gasteiger charge is 1.88. The monoisotopic (exact) mass is 168 g/mol. The number of aliphatic hydroxyl groups excluding tert-OH is 1. The molecule has 0 radical (unpaired) electrons. The molecule has 0 aliphatic heterocycles. The van der Waals surface area contributed by atoms with Crippen molar-refractivity contribution in [3.05, 3.63) is 0 Å². The van der Waals surface area contributed by atoms with E-state index in [4.69, 9.17) is 5.11 Å². The third-order valence-electron chi connectivity index (χ3n) is 0.994. The molecule has 0 fully saturated rings. The average Bonchev–Trinajstić information content (AvgIpc) is 1.66. The van der Waals surface area contributed by atoms with Gasteiger partial charge in [0.25, 0.3) is 0 Å². The summed E-state index contributed by atoms with van der Waals surface area (Å²) in [5.74, 6) is 0. The fourth-order valence-corrected chi connectivity index (χ4v) is 0.671. The first kappa shape index (κ1) is 11.9. The van der Waals surface area contributed by atoms with Gasteiger partial charge in [-0.05, 0) is 18.6 Å². The lowest BCUT2D eigenvalue weighted by molar-refractivity contribution is 0.539. The Morgan fingerprint density at radius 2 is 2.00 bits per heavy atom. The Morgan fingerprint density at radius 3 is 2.33 bits per heavy atom. The minimum Gasteiger partial charge on any atom is -0.502 e. The largest absolute Gasteiger partial charge is 0.502 e. The number of halogens is 1. The van der Waals surface area contributed by atoms with Crippen LogP contribution in [0.25, 0.3) is 0 Å². The zero-order valence-electron chi connectivity index (χ0n) is 5.59. The van der Waals surface area contributed by atoms with E-state index in [0.717, 1.165) is 6.42 Å². The molecule has 0 aliphatic carbocycles. The van der Waals surface area contributed by atoms with Gasteiger partial charge in [-0.15, -0.1) is 12.4 Å². The summed E-state index contributed by atoms with van der Waals surface area (Å²) >= 11 is 4.46. The fourth-order valence-electron chi connectivity index (χ4n) is 0.526. The normalized spacial score (nSPS) is 8.11. The lowest BCUT2D eigenvalue weighted by Gasteiger charge is -1.92. The van der Waals surface area contributed by atoms with E-state index in [1.165, 1.54) is 12.8 Å². The maximum absolute atomic E-state index is 8.51. The highest BCUT2D eigenvalue weighted by atomic mass is 35.5. The quantitative estimate of drug-likeness (QED) is 0.515.